The van der Waals surface area contributed by atoms with Crippen LogP contribution in [0.1, 0.15) is 27.7 Å². The second-order valence-electron chi connectivity index (χ2n) is 3.51. The first-order chi connectivity index (χ1) is 4.48. The van der Waals surface area contributed by atoms with Crippen molar-refractivity contribution in [2.45, 2.75) is 33.2 Å². The predicted octanol–water partition coefficient (Wildman–Crippen LogP) is 1.53. The quantitative estimate of drug-likeness (QED) is 0.645. The van der Waals surface area contributed by atoms with Crippen LogP contribution in [0.4, 0.5) is 0 Å². The fourth-order valence-electron chi connectivity index (χ4n) is 0.499. The average Bonchev–Trinajstić information content (AvgIpc) is 1.85. The molecule has 0 rings (SSSR count). The molecule has 0 saturated carbocycles. The van der Waals surface area contributed by atoms with E-state index in [-0.39, 0.29) is 5.54 Å². The summed E-state index contributed by atoms with van der Waals surface area (Å²) in [7, 11) is 0. The second-order valence-corrected chi connectivity index (χ2v) is 3.51. The van der Waals surface area contributed by atoms with Gasteiger partial charge in [-0.2, -0.15) is 5.26 Å². The highest BCUT2D eigenvalue weighted by atomic mass is 14.9. The van der Waals surface area contributed by atoms with Crippen molar-refractivity contribution in [1.29, 1.82) is 5.26 Å². The van der Waals surface area contributed by atoms with Gasteiger partial charge in [0.1, 0.15) is 5.54 Å². The molecule has 58 valence electrons. The summed E-state index contributed by atoms with van der Waals surface area (Å²) >= 11 is 0. The predicted molar refractivity (Wildman–Crippen MR) is 42.5 cm³/mol. The van der Waals surface area contributed by atoms with Crippen LogP contribution < -0.4 is 5.32 Å². The topological polar surface area (TPSA) is 35.8 Å². The Hall–Kier alpha value is -0.550. The molecule has 0 radical (unpaired) electrons. The van der Waals surface area contributed by atoms with E-state index in [1.807, 2.05) is 13.8 Å². The fraction of sp³-hybridized carbons (Fsp3) is 0.875. The van der Waals surface area contributed by atoms with Gasteiger partial charge in [-0.05, 0) is 26.3 Å². The van der Waals surface area contributed by atoms with Crippen LogP contribution in [-0.2, 0) is 0 Å². The van der Waals surface area contributed by atoms with Crippen molar-refractivity contribution < 1.29 is 0 Å². The van der Waals surface area contributed by atoms with Gasteiger partial charge in [-0.3, -0.25) is 5.32 Å². The van der Waals surface area contributed by atoms with E-state index in [2.05, 4.69) is 25.2 Å². The van der Waals surface area contributed by atoms with E-state index in [0.717, 1.165) is 6.54 Å². The first-order valence-electron chi connectivity index (χ1n) is 3.64. The van der Waals surface area contributed by atoms with Crippen LogP contribution in [0, 0.1) is 17.2 Å². The zero-order chi connectivity index (χ0) is 8.20. The molecule has 0 fully saturated rings. The smallest absolute Gasteiger partial charge is 0.101 e. The van der Waals surface area contributed by atoms with E-state index in [9.17, 15) is 0 Å². The van der Waals surface area contributed by atoms with E-state index in [1.54, 1.807) is 0 Å². The number of hydrogen-bond acceptors (Lipinski definition) is 2. The van der Waals surface area contributed by atoms with Gasteiger partial charge in [0.15, 0.2) is 0 Å². The molecule has 0 aliphatic heterocycles. The number of nitriles is 1. The summed E-state index contributed by atoms with van der Waals surface area (Å²) in [5.41, 5.74) is -0.371. The number of hydrogen-bond donors (Lipinski definition) is 1. The SMILES string of the molecule is CC(C)CNC(C)(C)C#N. The molecule has 0 heterocycles. The zero-order valence-electron chi connectivity index (χ0n) is 7.23. The van der Waals surface area contributed by atoms with Gasteiger partial charge in [-0.15, -0.1) is 0 Å². The van der Waals surface area contributed by atoms with Gasteiger partial charge in [0.25, 0.3) is 0 Å². The zero-order valence-corrected chi connectivity index (χ0v) is 7.23. The minimum atomic E-state index is -0.371. The molecule has 0 amide bonds. The first-order valence-corrected chi connectivity index (χ1v) is 3.64. The number of rotatable bonds is 3. The average molecular weight is 140 g/mol. The third-order valence-corrected chi connectivity index (χ3v) is 1.23. The maximum atomic E-state index is 8.59. The van der Waals surface area contributed by atoms with Crippen LogP contribution >= 0.6 is 0 Å². The maximum absolute atomic E-state index is 8.59. The van der Waals surface area contributed by atoms with Gasteiger partial charge in [0.2, 0.25) is 0 Å². The summed E-state index contributed by atoms with van der Waals surface area (Å²) in [6, 6.07) is 2.19. The van der Waals surface area contributed by atoms with Crippen LogP contribution in [0.5, 0.6) is 0 Å². The maximum Gasteiger partial charge on any atom is 0.101 e. The standard InChI is InChI=1S/C8H16N2/c1-7(2)5-10-8(3,4)6-9/h7,10H,5H2,1-4H3. The highest BCUT2D eigenvalue weighted by Gasteiger charge is 2.14. The Bertz CT molecular complexity index is 131. The molecule has 10 heavy (non-hydrogen) atoms. The molecule has 0 saturated heterocycles. The molecule has 0 unspecified atom stereocenters. The molecule has 0 aromatic rings. The van der Waals surface area contributed by atoms with Crippen LogP contribution in [0.25, 0.3) is 0 Å². The van der Waals surface area contributed by atoms with Crippen LogP contribution in [-0.4, -0.2) is 12.1 Å². The molecule has 0 bridgehead atoms. The number of nitrogens with one attached hydrogen (secondary N) is 1. The van der Waals surface area contributed by atoms with Crippen molar-refractivity contribution in [2.75, 3.05) is 6.54 Å². The normalized spacial score (nSPS) is 11.6. The fourth-order valence-corrected chi connectivity index (χ4v) is 0.499. The molecule has 0 atom stereocenters. The highest BCUT2D eigenvalue weighted by molar-refractivity contribution is 4.99. The molecule has 0 aliphatic carbocycles. The van der Waals surface area contributed by atoms with Crippen molar-refractivity contribution in [3.8, 4) is 6.07 Å². The van der Waals surface area contributed by atoms with Crippen molar-refractivity contribution in [2.24, 2.45) is 5.92 Å². The Morgan fingerprint density at radius 2 is 2.00 bits per heavy atom. The van der Waals surface area contributed by atoms with Gasteiger partial charge < -0.3 is 0 Å². The van der Waals surface area contributed by atoms with E-state index in [1.165, 1.54) is 0 Å². The number of nitrogens with zero attached hydrogens (tertiary/aromatic N) is 1. The van der Waals surface area contributed by atoms with E-state index in [4.69, 9.17) is 5.26 Å². The molecule has 0 aromatic heterocycles. The Kier molecular flexibility index (Phi) is 3.38. The molecule has 2 heteroatoms. The molecule has 0 aromatic carbocycles. The van der Waals surface area contributed by atoms with Crippen molar-refractivity contribution in [1.82, 2.24) is 5.32 Å². The third-order valence-electron chi connectivity index (χ3n) is 1.23. The van der Waals surface area contributed by atoms with Crippen molar-refractivity contribution >= 4 is 0 Å². The lowest BCUT2D eigenvalue weighted by atomic mass is 10.1. The van der Waals surface area contributed by atoms with Gasteiger partial charge in [0.05, 0.1) is 6.07 Å². The van der Waals surface area contributed by atoms with E-state index < -0.39 is 0 Å². The first kappa shape index (κ1) is 9.45. The van der Waals surface area contributed by atoms with Gasteiger partial charge in [-0.25, -0.2) is 0 Å². The summed E-state index contributed by atoms with van der Waals surface area (Å²) in [4.78, 5) is 0. The Labute approximate surface area is 63.2 Å². The van der Waals surface area contributed by atoms with E-state index in [0.29, 0.717) is 5.92 Å². The lowest BCUT2D eigenvalue weighted by molar-refractivity contribution is 0.439. The van der Waals surface area contributed by atoms with Gasteiger partial charge in [-0.1, -0.05) is 13.8 Å². The lowest BCUT2D eigenvalue weighted by Crippen LogP contribution is -2.39. The Balaban J connectivity index is 3.60. The molecule has 2 nitrogen and oxygen atoms in total. The summed E-state index contributed by atoms with van der Waals surface area (Å²) in [6.45, 7) is 8.92. The van der Waals surface area contributed by atoms with Crippen molar-refractivity contribution in [3.63, 3.8) is 0 Å². The van der Waals surface area contributed by atoms with Crippen LogP contribution in [0.2, 0.25) is 0 Å². The summed E-state index contributed by atoms with van der Waals surface area (Å²) in [6.07, 6.45) is 0. The van der Waals surface area contributed by atoms with Gasteiger partial charge >= 0.3 is 0 Å². The van der Waals surface area contributed by atoms with Crippen molar-refractivity contribution in [3.05, 3.63) is 0 Å². The molecule has 1 N–H and O–H groups in total. The minimum absolute atomic E-state index is 0.371. The Morgan fingerprint density at radius 3 is 2.30 bits per heavy atom. The van der Waals surface area contributed by atoms with Crippen LogP contribution in [0.3, 0.4) is 0 Å². The summed E-state index contributed by atoms with van der Waals surface area (Å²) in [5.74, 6) is 0.604. The molecule has 0 aliphatic rings. The lowest BCUT2D eigenvalue weighted by Gasteiger charge is -2.18. The Morgan fingerprint density at radius 1 is 1.50 bits per heavy atom. The highest BCUT2D eigenvalue weighted by Crippen LogP contribution is 2.00. The van der Waals surface area contributed by atoms with Gasteiger partial charge in [0, 0.05) is 0 Å². The monoisotopic (exact) mass is 140 g/mol. The largest absolute Gasteiger partial charge is 0.300 e. The van der Waals surface area contributed by atoms with E-state index >= 15 is 0 Å². The summed E-state index contributed by atoms with van der Waals surface area (Å²) < 4.78 is 0. The third kappa shape index (κ3) is 4.34. The van der Waals surface area contributed by atoms with Crippen LogP contribution in [0.15, 0.2) is 0 Å². The molecule has 0 spiro atoms. The molecular formula is C8H16N2. The molecular weight excluding hydrogens is 124 g/mol. The minimum Gasteiger partial charge on any atom is -0.300 e. The second kappa shape index (κ2) is 3.58. The summed E-state index contributed by atoms with van der Waals surface area (Å²) in [5, 5.41) is 11.7.